The summed E-state index contributed by atoms with van der Waals surface area (Å²) in [5.41, 5.74) is 0.737. The zero-order chi connectivity index (χ0) is 17.2. The normalized spacial score (nSPS) is 14.5. The minimum Gasteiger partial charge on any atom is -0.480 e. The second-order valence-corrected chi connectivity index (χ2v) is 7.66. The highest BCUT2D eigenvalue weighted by Gasteiger charge is 2.31. The van der Waals surface area contributed by atoms with E-state index < -0.39 is 22.5 Å². The molecule has 0 bridgehead atoms. The van der Waals surface area contributed by atoms with E-state index in [4.69, 9.17) is 5.11 Å². The summed E-state index contributed by atoms with van der Waals surface area (Å²) in [6, 6.07) is 8.96. The first-order chi connectivity index (χ1) is 11.5. The molecule has 2 aromatic rings. The van der Waals surface area contributed by atoms with E-state index in [1.807, 2.05) is 6.07 Å². The largest absolute Gasteiger partial charge is 0.480 e. The minimum absolute atomic E-state index is 0.00991. The molecular weight excluding hydrogens is 330 g/mol. The molecule has 0 amide bonds. The standard InChI is InChI=1S/C16H19N3O4S/c20-16(21)12-18(11-13-6-2-1-3-7-13)24(22,23)15-10-17-14-8-4-5-9-19(14)15/h1-3,6-7,10H,4-5,8-9,11-12H2,(H,20,21). The van der Waals surface area contributed by atoms with Crippen LogP contribution in [0.5, 0.6) is 0 Å². The van der Waals surface area contributed by atoms with Crippen molar-refractivity contribution in [2.24, 2.45) is 0 Å². The lowest BCUT2D eigenvalue weighted by Crippen LogP contribution is -2.36. The fourth-order valence-corrected chi connectivity index (χ4v) is 4.42. The third-order valence-electron chi connectivity index (χ3n) is 4.05. The van der Waals surface area contributed by atoms with Gasteiger partial charge in [0.2, 0.25) is 0 Å². The Labute approximate surface area is 140 Å². The Hall–Kier alpha value is -2.19. The van der Waals surface area contributed by atoms with Gasteiger partial charge < -0.3 is 9.67 Å². The van der Waals surface area contributed by atoms with Crippen LogP contribution in [-0.2, 0) is 34.3 Å². The summed E-state index contributed by atoms with van der Waals surface area (Å²) in [6.45, 7) is 0.0177. The minimum atomic E-state index is -3.94. The third-order valence-corrected chi connectivity index (χ3v) is 5.84. The van der Waals surface area contributed by atoms with Gasteiger partial charge in [0.05, 0.1) is 6.20 Å². The molecular formula is C16H19N3O4S. The van der Waals surface area contributed by atoms with Crippen LogP contribution < -0.4 is 0 Å². The van der Waals surface area contributed by atoms with Gasteiger partial charge >= 0.3 is 5.97 Å². The molecule has 0 radical (unpaired) electrons. The van der Waals surface area contributed by atoms with Crippen molar-refractivity contribution in [3.05, 3.63) is 47.9 Å². The number of rotatable bonds is 6. The van der Waals surface area contributed by atoms with Gasteiger partial charge in [0.15, 0.2) is 5.03 Å². The van der Waals surface area contributed by atoms with Crippen LogP contribution in [0.4, 0.5) is 0 Å². The molecule has 7 nitrogen and oxygen atoms in total. The zero-order valence-corrected chi connectivity index (χ0v) is 13.9. The van der Waals surface area contributed by atoms with E-state index in [0.29, 0.717) is 6.54 Å². The number of fused-ring (bicyclic) bond motifs is 1. The van der Waals surface area contributed by atoms with Crippen LogP contribution in [0.1, 0.15) is 24.2 Å². The lowest BCUT2D eigenvalue weighted by atomic mass is 10.2. The molecule has 0 unspecified atom stereocenters. The van der Waals surface area contributed by atoms with Crippen LogP contribution in [0.25, 0.3) is 0 Å². The summed E-state index contributed by atoms with van der Waals surface area (Å²) in [7, 11) is -3.94. The maximum Gasteiger partial charge on any atom is 0.318 e. The number of sulfonamides is 1. The average molecular weight is 349 g/mol. The molecule has 1 aromatic heterocycles. The van der Waals surface area contributed by atoms with Crippen molar-refractivity contribution in [1.82, 2.24) is 13.9 Å². The number of benzene rings is 1. The van der Waals surface area contributed by atoms with Crippen LogP contribution in [-0.4, -0.2) is 39.9 Å². The summed E-state index contributed by atoms with van der Waals surface area (Å²) in [5, 5.41) is 9.21. The number of aliphatic carboxylic acids is 1. The number of hydrogen-bond donors (Lipinski definition) is 1. The van der Waals surface area contributed by atoms with E-state index in [9.17, 15) is 13.2 Å². The number of carbonyl (C=O) groups is 1. The van der Waals surface area contributed by atoms with E-state index >= 15 is 0 Å². The van der Waals surface area contributed by atoms with Crippen molar-refractivity contribution in [2.75, 3.05) is 6.54 Å². The zero-order valence-electron chi connectivity index (χ0n) is 13.1. The van der Waals surface area contributed by atoms with E-state index in [1.54, 1.807) is 28.8 Å². The van der Waals surface area contributed by atoms with Crippen molar-refractivity contribution in [3.63, 3.8) is 0 Å². The second kappa shape index (κ2) is 6.74. The predicted molar refractivity (Wildman–Crippen MR) is 86.8 cm³/mol. The monoisotopic (exact) mass is 349 g/mol. The third kappa shape index (κ3) is 3.34. The Bertz CT molecular complexity index is 830. The van der Waals surface area contributed by atoms with Gasteiger partial charge in [-0.1, -0.05) is 30.3 Å². The molecule has 3 rings (SSSR count). The number of nitrogens with zero attached hydrogens (tertiary/aromatic N) is 3. The van der Waals surface area contributed by atoms with Crippen molar-refractivity contribution in [1.29, 1.82) is 0 Å². The fraction of sp³-hybridized carbons (Fsp3) is 0.375. The fourth-order valence-electron chi connectivity index (χ4n) is 2.89. The lowest BCUT2D eigenvalue weighted by molar-refractivity contribution is -0.137. The summed E-state index contributed by atoms with van der Waals surface area (Å²) in [5.74, 6) is -0.442. The van der Waals surface area contributed by atoms with Crippen molar-refractivity contribution in [2.45, 2.75) is 37.4 Å². The predicted octanol–water partition coefficient (Wildman–Crippen LogP) is 1.49. The first-order valence-electron chi connectivity index (χ1n) is 7.79. The van der Waals surface area contributed by atoms with Crippen molar-refractivity contribution < 1.29 is 18.3 Å². The highest BCUT2D eigenvalue weighted by atomic mass is 32.2. The van der Waals surface area contributed by atoms with E-state index in [1.165, 1.54) is 6.20 Å². The van der Waals surface area contributed by atoms with Gasteiger partial charge in [-0.25, -0.2) is 13.4 Å². The molecule has 0 aliphatic carbocycles. The Morgan fingerprint density at radius 3 is 2.71 bits per heavy atom. The van der Waals surface area contributed by atoms with E-state index in [2.05, 4.69) is 4.98 Å². The molecule has 8 heteroatoms. The van der Waals surface area contributed by atoms with Crippen LogP contribution in [0.2, 0.25) is 0 Å². The van der Waals surface area contributed by atoms with Gasteiger partial charge in [-0.2, -0.15) is 4.31 Å². The number of carboxylic acids is 1. The highest BCUT2D eigenvalue weighted by Crippen LogP contribution is 2.23. The highest BCUT2D eigenvalue weighted by molar-refractivity contribution is 7.89. The number of carboxylic acid groups (broad SMARTS) is 1. The molecule has 0 saturated carbocycles. The molecule has 128 valence electrons. The van der Waals surface area contributed by atoms with Crippen molar-refractivity contribution in [3.8, 4) is 0 Å². The topological polar surface area (TPSA) is 92.5 Å². The van der Waals surface area contributed by atoms with Gasteiger partial charge in [0.1, 0.15) is 12.4 Å². The molecule has 0 spiro atoms. The number of aromatic nitrogens is 2. The molecule has 0 atom stereocenters. The van der Waals surface area contributed by atoms with Gasteiger partial charge in [0.25, 0.3) is 10.0 Å². The van der Waals surface area contributed by atoms with E-state index in [-0.39, 0.29) is 11.6 Å². The summed E-state index contributed by atoms with van der Waals surface area (Å²) >= 11 is 0. The van der Waals surface area contributed by atoms with Gasteiger partial charge in [-0.3, -0.25) is 4.79 Å². The van der Waals surface area contributed by atoms with Crippen LogP contribution in [0, 0.1) is 0 Å². The lowest BCUT2D eigenvalue weighted by Gasteiger charge is -2.22. The van der Waals surface area contributed by atoms with Gasteiger partial charge in [-0.05, 0) is 18.4 Å². The van der Waals surface area contributed by atoms with Crippen molar-refractivity contribution >= 4 is 16.0 Å². The smallest absolute Gasteiger partial charge is 0.318 e. The van der Waals surface area contributed by atoms with Crippen LogP contribution in [0.15, 0.2) is 41.6 Å². The molecule has 1 aliphatic heterocycles. The van der Waals surface area contributed by atoms with E-state index in [0.717, 1.165) is 35.0 Å². The number of hydrogen-bond acceptors (Lipinski definition) is 4. The molecule has 2 heterocycles. The Balaban J connectivity index is 1.96. The number of aryl methyl sites for hydroxylation is 1. The van der Waals surface area contributed by atoms with Crippen LogP contribution >= 0.6 is 0 Å². The Morgan fingerprint density at radius 2 is 2.00 bits per heavy atom. The number of imidazole rings is 1. The molecule has 24 heavy (non-hydrogen) atoms. The van der Waals surface area contributed by atoms with Crippen LogP contribution in [0.3, 0.4) is 0 Å². The first kappa shape index (κ1) is 16.7. The quantitative estimate of drug-likeness (QED) is 0.853. The Kier molecular flexibility index (Phi) is 4.68. The second-order valence-electron chi connectivity index (χ2n) is 5.77. The summed E-state index contributed by atoms with van der Waals surface area (Å²) in [6.07, 6.45) is 3.96. The summed E-state index contributed by atoms with van der Waals surface area (Å²) in [4.78, 5) is 15.4. The molecule has 1 N–H and O–H groups in total. The Morgan fingerprint density at radius 1 is 1.25 bits per heavy atom. The average Bonchev–Trinajstić information content (AvgIpc) is 2.99. The molecule has 0 saturated heterocycles. The van der Waals surface area contributed by atoms with Gasteiger partial charge in [0, 0.05) is 19.5 Å². The maximum absolute atomic E-state index is 13.0. The molecule has 1 aliphatic rings. The SMILES string of the molecule is O=C(O)CN(Cc1ccccc1)S(=O)(=O)c1cnc2n1CCCC2. The molecule has 1 aromatic carbocycles. The molecule has 0 fully saturated rings. The van der Waals surface area contributed by atoms with Gasteiger partial charge in [-0.15, -0.1) is 0 Å². The maximum atomic E-state index is 13.0. The first-order valence-corrected chi connectivity index (χ1v) is 9.23. The summed E-state index contributed by atoms with van der Waals surface area (Å²) < 4.78 is 28.7.